The van der Waals surface area contributed by atoms with Crippen molar-refractivity contribution in [2.45, 2.75) is 66.6 Å². The molecule has 1 unspecified atom stereocenters. The fourth-order valence-electron chi connectivity index (χ4n) is 4.12. The monoisotopic (exact) mass is 487 g/mol. The molecule has 3 aromatic heterocycles. The molecule has 0 saturated carbocycles. The third-order valence-electron chi connectivity index (χ3n) is 6.25. The summed E-state index contributed by atoms with van der Waals surface area (Å²) >= 11 is 0. The molecule has 0 aliphatic rings. The summed E-state index contributed by atoms with van der Waals surface area (Å²) in [6, 6.07) is 11.2. The number of aryl methyl sites for hydroxylation is 2. The molecule has 0 aliphatic heterocycles. The van der Waals surface area contributed by atoms with Crippen molar-refractivity contribution in [3.05, 3.63) is 70.8 Å². The van der Waals surface area contributed by atoms with Gasteiger partial charge in [-0.25, -0.2) is 9.67 Å². The van der Waals surface area contributed by atoms with Gasteiger partial charge in [0.15, 0.2) is 5.65 Å². The molecule has 4 rings (SSSR count). The number of amides is 2. The van der Waals surface area contributed by atoms with Crippen LogP contribution in [0, 0.1) is 13.8 Å². The molecular weight excluding hydrogens is 454 g/mol. The Morgan fingerprint density at radius 2 is 1.86 bits per heavy atom. The maximum Gasteiger partial charge on any atom is 0.252 e. The molecule has 8 nitrogen and oxygen atoms in total. The summed E-state index contributed by atoms with van der Waals surface area (Å²) in [4.78, 5) is 30.8. The van der Waals surface area contributed by atoms with Crippen LogP contribution in [-0.4, -0.2) is 32.6 Å². The first-order chi connectivity index (χ1) is 17.2. The second-order valence-electron chi connectivity index (χ2n) is 9.47. The largest absolute Gasteiger partial charge is 0.466 e. The maximum atomic E-state index is 13.4. The van der Waals surface area contributed by atoms with Gasteiger partial charge < -0.3 is 15.1 Å². The van der Waals surface area contributed by atoms with E-state index in [1.54, 1.807) is 24.4 Å². The van der Waals surface area contributed by atoms with Crippen LogP contribution in [0.2, 0.25) is 0 Å². The fraction of sp³-hybridized carbons (Fsp3) is 0.357. The number of benzene rings is 1. The van der Waals surface area contributed by atoms with Crippen LogP contribution in [0.5, 0.6) is 0 Å². The van der Waals surface area contributed by atoms with Gasteiger partial charge in [0.05, 0.1) is 22.8 Å². The molecule has 0 bridgehead atoms. The first-order valence-electron chi connectivity index (χ1n) is 12.3. The van der Waals surface area contributed by atoms with E-state index in [1.165, 1.54) is 0 Å². The van der Waals surface area contributed by atoms with Crippen LogP contribution >= 0.6 is 0 Å². The van der Waals surface area contributed by atoms with Crippen LogP contribution in [0.3, 0.4) is 0 Å². The first-order valence-corrected chi connectivity index (χ1v) is 12.3. The number of pyridine rings is 1. The molecule has 8 heteroatoms. The Morgan fingerprint density at radius 1 is 1.08 bits per heavy atom. The summed E-state index contributed by atoms with van der Waals surface area (Å²) in [5, 5.41) is 11.1. The van der Waals surface area contributed by atoms with E-state index in [0.29, 0.717) is 27.9 Å². The lowest BCUT2D eigenvalue weighted by molar-refractivity contribution is 0.0937. The van der Waals surface area contributed by atoms with Crippen molar-refractivity contribution in [3.8, 4) is 11.3 Å². The minimum absolute atomic E-state index is 0.0812. The van der Waals surface area contributed by atoms with Crippen molar-refractivity contribution < 1.29 is 14.0 Å². The molecule has 0 radical (unpaired) electrons. The molecule has 2 amide bonds. The Morgan fingerprint density at radius 3 is 2.53 bits per heavy atom. The molecule has 4 aromatic rings. The van der Waals surface area contributed by atoms with E-state index < -0.39 is 0 Å². The third kappa shape index (κ3) is 5.17. The van der Waals surface area contributed by atoms with Crippen LogP contribution in [-0.2, 0) is 6.54 Å². The lowest BCUT2D eigenvalue weighted by Crippen LogP contribution is -2.32. The SMILES string of the molecule is CCC(C)NC(=O)c1cccc(CNC(=O)c2cc(-c3cc(C)oc3C)nc3c2cnn3C(C)C)c1. The van der Waals surface area contributed by atoms with Crippen molar-refractivity contribution in [2.75, 3.05) is 0 Å². The lowest BCUT2D eigenvalue weighted by Gasteiger charge is -2.13. The quantitative estimate of drug-likeness (QED) is 0.349. The summed E-state index contributed by atoms with van der Waals surface area (Å²) in [6.07, 6.45) is 2.55. The Kier molecular flexibility index (Phi) is 7.24. The minimum Gasteiger partial charge on any atom is -0.466 e. The second-order valence-corrected chi connectivity index (χ2v) is 9.47. The van der Waals surface area contributed by atoms with Gasteiger partial charge >= 0.3 is 0 Å². The summed E-state index contributed by atoms with van der Waals surface area (Å²) in [5.41, 5.74) is 4.05. The Hall–Kier alpha value is -3.94. The topological polar surface area (TPSA) is 102 Å². The van der Waals surface area contributed by atoms with Gasteiger partial charge in [-0.15, -0.1) is 0 Å². The number of hydrogen-bond donors (Lipinski definition) is 2. The van der Waals surface area contributed by atoms with Gasteiger partial charge in [-0.1, -0.05) is 19.1 Å². The van der Waals surface area contributed by atoms with Crippen LogP contribution in [0.1, 0.15) is 78.0 Å². The van der Waals surface area contributed by atoms with E-state index >= 15 is 0 Å². The number of furan rings is 1. The number of hydrogen-bond acceptors (Lipinski definition) is 5. The highest BCUT2D eigenvalue weighted by atomic mass is 16.3. The van der Waals surface area contributed by atoms with Crippen LogP contribution in [0.25, 0.3) is 22.3 Å². The average molecular weight is 488 g/mol. The summed E-state index contributed by atoms with van der Waals surface area (Å²) in [5.74, 6) is 1.17. The zero-order chi connectivity index (χ0) is 26.0. The lowest BCUT2D eigenvalue weighted by atomic mass is 10.1. The van der Waals surface area contributed by atoms with E-state index in [-0.39, 0.29) is 30.4 Å². The number of aromatic nitrogens is 3. The van der Waals surface area contributed by atoms with Crippen LogP contribution in [0.4, 0.5) is 0 Å². The molecule has 2 N–H and O–H groups in total. The molecule has 188 valence electrons. The standard InChI is InChI=1S/C28H33N5O3/c1-7-17(4)31-27(34)21-10-8-9-20(12-21)14-29-28(35)23-13-25(22-11-18(5)36-19(22)6)32-26-24(23)15-30-33(26)16(2)3/h8-13,15-17H,7,14H2,1-6H3,(H,29,35)(H,31,34). The summed E-state index contributed by atoms with van der Waals surface area (Å²) in [7, 11) is 0. The summed E-state index contributed by atoms with van der Waals surface area (Å²) < 4.78 is 7.53. The minimum atomic E-state index is -0.237. The Bertz CT molecular complexity index is 1420. The van der Waals surface area contributed by atoms with Gasteiger partial charge in [0.25, 0.3) is 11.8 Å². The van der Waals surface area contributed by atoms with E-state index in [2.05, 4.69) is 15.7 Å². The molecule has 0 aliphatic carbocycles. The van der Waals surface area contributed by atoms with Crippen molar-refractivity contribution in [1.29, 1.82) is 0 Å². The predicted octanol–water partition coefficient (Wildman–Crippen LogP) is 5.35. The number of carbonyl (C=O) groups is 2. The van der Waals surface area contributed by atoms with Gasteiger partial charge in [0.1, 0.15) is 11.5 Å². The second kappa shape index (κ2) is 10.4. The zero-order valence-corrected chi connectivity index (χ0v) is 21.7. The van der Waals surface area contributed by atoms with Crippen molar-refractivity contribution >= 4 is 22.8 Å². The molecule has 36 heavy (non-hydrogen) atoms. The van der Waals surface area contributed by atoms with Crippen LogP contribution in [0.15, 0.2) is 47.0 Å². The molecule has 0 fully saturated rings. The fourth-order valence-corrected chi connectivity index (χ4v) is 4.12. The number of fused-ring (bicyclic) bond motifs is 1. The first kappa shape index (κ1) is 25.2. The smallest absolute Gasteiger partial charge is 0.252 e. The van der Waals surface area contributed by atoms with E-state index in [1.807, 2.05) is 64.4 Å². The Balaban J connectivity index is 1.63. The normalized spacial score (nSPS) is 12.2. The number of rotatable bonds is 8. The predicted molar refractivity (Wildman–Crippen MR) is 140 cm³/mol. The molecule has 0 spiro atoms. The molecule has 1 atom stereocenters. The van der Waals surface area contributed by atoms with Crippen molar-refractivity contribution in [1.82, 2.24) is 25.4 Å². The summed E-state index contributed by atoms with van der Waals surface area (Å²) in [6.45, 7) is 12.1. The number of nitrogens with one attached hydrogen (secondary N) is 2. The maximum absolute atomic E-state index is 13.4. The molecule has 3 heterocycles. The number of nitrogens with zero attached hydrogens (tertiary/aromatic N) is 3. The highest BCUT2D eigenvalue weighted by molar-refractivity contribution is 6.06. The zero-order valence-electron chi connectivity index (χ0n) is 21.7. The van der Waals surface area contributed by atoms with Crippen molar-refractivity contribution in [2.24, 2.45) is 0 Å². The van der Waals surface area contributed by atoms with E-state index in [9.17, 15) is 9.59 Å². The highest BCUT2D eigenvalue weighted by Crippen LogP contribution is 2.30. The molecule has 0 saturated heterocycles. The van der Waals surface area contributed by atoms with Gasteiger partial charge in [0.2, 0.25) is 0 Å². The molecular formula is C28H33N5O3. The van der Waals surface area contributed by atoms with E-state index in [0.717, 1.165) is 29.1 Å². The number of carbonyl (C=O) groups excluding carboxylic acids is 2. The third-order valence-corrected chi connectivity index (χ3v) is 6.25. The van der Waals surface area contributed by atoms with Gasteiger partial charge in [-0.2, -0.15) is 5.10 Å². The van der Waals surface area contributed by atoms with Gasteiger partial charge in [-0.05, 0) is 70.9 Å². The van der Waals surface area contributed by atoms with Gasteiger partial charge in [-0.3, -0.25) is 9.59 Å². The van der Waals surface area contributed by atoms with Crippen LogP contribution < -0.4 is 10.6 Å². The highest BCUT2D eigenvalue weighted by Gasteiger charge is 2.20. The molecule has 1 aromatic carbocycles. The average Bonchev–Trinajstić information content (AvgIpc) is 3.44. The van der Waals surface area contributed by atoms with E-state index in [4.69, 9.17) is 9.40 Å². The Labute approximate surface area is 211 Å². The van der Waals surface area contributed by atoms with Gasteiger partial charge in [0, 0.05) is 29.8 Å². The van der Waals surface area contributed by atoms with Crippen molar-refractivity contribution in [3.63, 3.8) is 0 Å².